The summed E-state index contributed by atoms with van der Waals surface area (Å²) < 4.78 is 31.7. The Morgan fingerprint density at radius 3 is 2.00 bits per heavy atom. The van der Waals surface area contributed by atoms with Crippen LogP contribution < -0.4 is 10.6 Å². The van der Waals surface area contributed by atoms with Crippen molar-refractivity contribution in [2.24, 2.45) is 5.73 Å². The van der Waals surface area contributed by atoms with Crippen molar-refractivity contribution < 1.29 is 23.1 Å². The van der Waals surface area contributed by atoms with Gasteiger partial charge in [0.15, 0.2) is 0 Å². The van der Waals surface area contributed by atoms with Gasteiger partial charge in [-0.25, -0.2) is 4.79 Å². The second kappa shape index (κ2) is 8.00. The summed E-state index contributed by atoms with van der Waals surface area (Å²) in [4.78, 5) is 13.7. The van der Waals surface area contributed by atoms with E-state index in [-0.39, 0.29) is 0 Å². The molecule has 0 radical (unpaired) electrons. The Labute approximate surface area is 127 Å². The number of alkyl halides is 3. The summed E-state index contributed by atoms with van der Waals surface area (Å²) in [6.07, 6.45) is -5.08. The number of nitrogens with two attached hydrogens (primary N) is 1. The van der Waals surface area contributed by atoms with E-state index in [1.54, 1.807) is 0 Å². The number of aliphatic carboxylic acids is 1. The first kappa shape index (κ1) is 18.2. The van der Waals surface area contributed by atoms with Gasteiger partial charge in [0.1, 0.15) is 0 Å². The van der Waals surface area contributed by atoms with Crippen LogP contribution >= 0.6 is 0 Å². The number of hydrogen-bond donors (Lipinski definition) is 2. The van der Waals surface area contributed by atoms with Crippen LogP contribution in [0.5, 0.6) is 0 Å². The maximum absolute atomic E-state index is 10.6. The van der Waals surface area contributed by atoms with Crippen LogP contribution in [0.2, 0.25) is 0 Å². The molecule has 8 heteroatoms. The highest BCUT2D eigenvalue weighted by molar-refractivity contribution is 5.73. The van der Waals surface area contributed by atoms with Gasteiger partial charge < -0.3 is 20.6 Å². The van der Waals surface area contributed by atoms with E-state index in [0.29, 0.717) is 6.54 Å². The van der Waals surface area contributed by atoms with E-state index in [2.05, 4.69) is 41.1 Å². The molecule has 1 aromatic carbocycles. The summed E-state index contributed by atoms with van der Waals surface area (Å²) in [5.74, 6) is -2.76. The number of carboxylic acids is 1. The topological polar surface area (TPSA) is 69.8 Å². The minimum absolute atomic E-state index is 0.628. The molecule has 1 aliphatic heterocycles. The molecule has 0 atom stereocenters. The van der Waals surface area contributed by atoms with Crippen LogP contribution in [0.15, 0.2) is 24.3 Å². The first-order valence-corrected chi connectivity index (χ1v) is 6.76. The number of hydrogen-bond acceptors (Lipinski definition) is 4. The highest BCUT2D eigenvalue weighted by Crippen LogP contribution is 2.16. The Hall–Kier alpha value is -1.80. The number of nitrogens with zero attached hydrogens (tertiary/aromatic N) is 2. The van der Waals surface area contributed by atoms with Crippen LogP contribution in [0.3, 0.4) is 0 Å². The number of benzene rings is 1. The van der Waals surface area contributed by atoms with Crippen LogP contribution in [0.25, 0.3) is 0 Å². The molecule has 1 aliphatic rings. The van der Waals surface area contributed by atoms with Gasteiger partial charge in [-0.05, 0) is 24.7 Å². The highest BCUT2D eigenvalue weighted by Gasteiger charge is 2.38. The van der Waals surface area contributed by atoms with E-state index in [0.717, 1.165) is 26.2 Å². The molecule has 0 aromatic heterocycles. The summed E-state index contributed by atoms with van der Waals surface area (Å²) in [7, 11) is 2.18. The zero-order chi connectivity index (χ0) is 16.8. The van der Waals surface area contributed by atoms with Gasteiger partial charge in [-0.15, -0.1) is 0 Å². The lowest BCUT2D eigenvalue weighted by Crippen LogP contribution is -2.44. The number of anilines is 1. The smallest absolute Gasteiger partial charge is 0.475 e. The quantitative estimate of drug-likeness (QED) is 0.865. The van der Waals surface area contributed by atoms with Crippen LogP contribution in [0.1, 0.15) is 5.56 Å². The fraction of sp³-hybridized carbons (Fsp3) is 0.500. The molecular formula is C14H20F3N3O2. The molecule has 0 spiro atoms. The lowest BCUT2D eigenvalue weighted by molar-refractivity contribution is -0.192. The lowest BCUT2D eigenvalue weighted by Gasteiger charge is -2.34. The second-order valence-electron chi connectivity index (χ2n) is 4.96. The molecular weight excluding hydrogens is 299 g/mol. The van der Waals surface area contributed by atoms with Crippen LogP contribution in [-0.2, 0) is 11.3 Å². The van der Waals surface area contributed by atoms with Crippen molar-refractivity contribution >= 4 is 11.7 Å². The third-order valence-corrected chi connectivity index (χ3v) is 3.28. The van der Waals surface area contributed by atoms with E-state index in [9.17, 15) is 13.2 Å². The molecule has 0 saturated carbocycles. The molecule has 1 fully saturated rings. The van der Waals surface area contributed by atoms with Crippen LogP contribution in [-0.4, -0.2) is 55.4 Å². The van der Waals surface area contributed by atoms with E-state index in [1.165, 1.54) is 11.3 Å². The first-order valence-electron chi connectivity index (χ1n) is 6.76. The minimum Gasteiger partial charge on any atom is -0.475 e. The second-order valence-corrected chi connectivity index (χ2v) is 4.96. The number of likely N-dealkylation sites (N-methyl/N-ethyl adjacent to an activating group) is 1. The first-order chi connectivity index (χ1) is 10.2. The third-order valence-electron chi connectivity index (χ3n) is 3.28. The number of halogens is 3. The van der Waals surface area contributed by atoms with E-state index >= 15 is 0 Å². The number of rotatable bonds is 2. The molecule has 0 bridgehead atoms. The Morgan fingerprint density at radius 1 is 1.18 bits per heavy atom. The molecule has 22 heavy (non-hydrogen) atoms. The van der Waals surface area contributed by atoms with Gasteiger partial charge in [0.25, 0.3) is 0 Å². The van der Waals surface area contributed by atoms with Crippen molar-refractivity contribution in [2.75, 3.05) is 38.1 Å². The van der Waals surface area contributed by atoms with Gasteiger partial charge in [0.05, 0.1) is 0 Å². The van der Waals surface area contributed by atoms with E-state index in [1.807, 2.05) is 0 Å². The Morgan fingerprint density at radius 2 is 1.64 bits per heavy atom. The molecule has 0 amide bonds. The summed E-state index contributed by atoms with van der Waals surface area (Å²) in [6, 6.07) is 8.59. The minimum atomic E-state index is -5.08. The van der Waals surface area contributed by atoms with Gasteiger partial charge in [0, 0.05) is 38.4 Å². The Balaban J connectivity index is 0.000000295. The van der Waals surface area contributed by atoms with Gasteiger partial charge in [-0.1, -0.05) is 12.1 Å². The maximum atomic E-state index is 10.6. The van der Waals surface area contributed by atoms with Gasteiger partial charge >= 0.3 is 12.1 Å². The standard InChI is InChI=1S/C12H19N3.C2HF3O2/c1-14-6-8-15(9-7-14)12-4-2-11(10-13)3-5-12;3-2(4,5)1(6)7/h2-5H,6-10,13H2,1H3;(H,6,7). The van der Waals surface area contributed by atoms with Gasteiger partial charge in [-0.2, -0.15) is 13.2 Å². The molecule has 1 saturated heterocycles. The number of piperazine rings is 1. The van der Waals surface area contributed by atoms with Crippen LogP contribution in [0, 0.1) is 0 Å². The van der Waals surface area contributed by atoms with Crippen LogP contribution in [0.4, 0.5) is 18.9 Å². The summed E-state index contributed by atoms with van der Waals surface area (Å²) in [5, 5.41) is 7.12. The zero-order valence-electron chi connectivity index (χ0n) is 12.3. The van der Waals surface area contributed by atoms with Crippen molar-refractivity contribution in [1.29, 1.82) is 0 Å². The molecule has 2 rings (SSSR count). The molecule has 1 heterocycles. The van der Waals surface area contributed by atoms with Gasteiger partial charge in [0.2, 0.25) is 0 Å². The predicted molar refractivity (Wildman–Crippen MR) is 77.7 cm³/mol. The molecule has 124 valence electrons. The monoisotopic (exact) mass is 319 g/mol. The maximum Gasteiger partial charge on any atom is 0.490 e. The van der Waals surface area contributed by atoms with Crippen molar-refractivity contribution in [2.45, 2.75) is 12.7 Å². The largest absolute Gasteiger partial charge is 0.490 e. The van der Waals surface area contributed by atoms with Crippen molar-refractivity contribution in [1.82, 2.24) is 4.90 Å². The van der Waals surface area contributed by atoms with Crippen molar-refractivity contribution in [3.05, 3.63) is 29.8 Å². The Bertz CT molecular complexity index is 469. The molecule has 0 unspecified atom stereocenters. The highest BCUT2D eigenvalue weighted by atomic mass is 19.4. The average molecular weight is 319 g/mol. The zero-order valence-corrected chi connectivity index (χ0v) is 12.3. The molecule has 5 nitrogen and oxygen atoms in total. The number of carboxylic acid groups (broad SMARTS) is 1. The molecule has 3 N–H and O–H groups in total. The molecule has 0 aliphatic carbocycles. The number of carbonyl (C=O) groups is 1. The normalized spacial score (nSPS) is 16.0. The fourth-order valence-corrected chi connectivity index (χ4v) is 1.91. The predicted octanol–water partition coefficient (Wildman–Crippen LogP) is 1.53. The Kier molecular flexibility index (Phi) is 6.63. The summed E-state index contributed by atoms with van der Waals surface area (Å²) in [6.45, 7) is 5.18. The SMILES string of the molecule is CN1CCN(c2ccc(CN)cc2)CC1.O=C(O)C(F)(F)F. The summed E-state index contributed by atoms with van der Waals surface area (Å²) in [5.41, 5.74) is 8.10. The average Bonchev–Trinajstić information content (AvgIpc) is 2.48. The fourth-order valence-electron chi connectivity index (χ4n) is 1.91. The van der Waals surface area contributed by atoms with E-state index < -0.39 is 12.1 Å². The lowest BCUT2D eigenvalue weighted by atomic mass is 10.2. The molecule has 1 aromatic rings. The third kappa shape index (κ3) is 5.90. The van der Waals surface area contributed by atoms with Crippen molar-refractivity contribution in [3.63, 3.8) is 0 Å². The van der Waals surface area contributed by atoms with Crippen molar-refractivity contribution in [3.8, 4) is 0 Å². The van der Waals surface area contributed by atoms with E-state index in [4.69, 9.17) is 15.6 Å². The van der Waals surface area contributed by atoms with Gasteiger partial charge in [-0.3, -0.25) is 0 Å². The summed E-state index contributed by atoms with van der Waals surface area (Å²) >= 11 is 0.